The van der Waals surface area contributed by atoms with Gasteiger partial charge in [-0.05, 0) is 62.0 Å². The molecular weight excluding hydrogens is 370 g/mol. The predicted molar refractivity (Wildman–Crippen MR) is 98.9 cm³/mol. The van der Waals surface area contributed by atoms with E-state index in [1.165, 1.54) is 6.42 Å². The van der Waals surface area contributed by atoms with Crippen LogP contribution in [0.3, 0.4) is 0 Å². The van der Waals surface area contributed by atoms with E-state index in [0.29, 0.717) is 24.2 Å². The number of fused-ring (bicyclic) bond motifs is 2. The summed E-state index contributed by atoms with van der Waals surface area (Å²) in [5, 5.41) is 0.0217. The Morgan fingerprint density at radius 2 is 2.12 bits per heavy atom. The van der Waals surface area contributed by atoms with E-state index in [4.69, 9.17) is 4.74 Å². The van der Waals surface area contributed by atoms with Crippen molar-refractivity contribution in [2.24, 2.45) is 17.8 Å². The molecule has 0 aliphatic heterocycles. The van der Waals surface area contributed by atoms with Crippen LogP contribution in [0, 0.1) is 17.8 Å². The first-order chi connectivity index (χ1) is 12.6. The number of pyridine rings is 1. The van der Waals surface area contributed by atoms with Crippen LogP contribution in [0.1, 0.15) is 38.3 Å². The van der Waals surface area contributed by atoms with Gasteiger partial charge < -0.3 is 4.74 Å². The number of hydrogen-bond donors (Lipinski definition) is 0. The van der Waals surface area contributed by atoms with Crippen LogP contribution in [0.2, 0.25) is 0 Å². The van der Waals surface area contributed by atoms with Gasteiger partial charge in [-0.15, -0.1) is 4.37 Å². The van der Waals surface area contributed by atoms with Crippen LogP contribution in [-0.2, 0) is 16.3 Å². The minimum absolute atomic E-state index is 0.0217. The maximum Gasteiger partial charge on any atom is 0.265 e. The Labute approximate surface area is 158 Å². The second kappa shape index (κ2) is 7.23. The number of rotatable bonds is 7. The highest BCUT2D eigenvalue weighted by Gasteiger charge is 2.48. The Morgan fingerprint density at radius 3 is 2.85 bits per heavy atom. The molecule has 0 N–H and O–H groups in total. The second-order valence-corrected chi connectivity index (χ2v) is 9.92. The third-order valence-electron chi connectivity index (χ3n) is 5.55. The number of aromatic nitrogens is 3. The lowest BCUT2D eigenvalue weighted by molar-refractivity contribution is 0.0955. The zero-order chi connectivity index (χ0) is 18.1. The quantitative estimate of drug-likeness (QED) is 0.719. The third kappa shape index (κ3) is 3.49. The average molecular weight is 394 g/mol. The molecule has 0 amide bonds. The van der Waals surface area contributed by atoms with Crippen molar-refractivity contribution in [3.63, 3.8) is 0 Å². The molecular formula is C18H23N3O3S2. The van der Waals surface area contributed by atoms with Gasteiger partial charge in [0, 0.05) is 11.9 Å². The molecule has 2 aliphatic rings. The fourth-order valence-electron chi connectivity index (χ4n) is 4.53. The summed E-state index contributed by atoms with van der Waals surface area (Å²) < 4.78 is 39.0. The fraction of sp³-hybridized carbons (Fsp3) is 0.611. The molecule has 2 bridgehead atoms. The van der Waals surface area contributed by atoms with Gasteiger partial charge >= 0.3 is 0 Å². The smallest absolute Gasteiger partial charge is 0.265 e. The Hall–Kier alpha value is -1.54. The maximum atomic E-state index is 12.4. The van der Waals surface area contributed by atoms with E-state index in [1.54, 1.807) is 0 Å². The summed E-state index contributed by atoms with van der Waals surface area (Å²) in [4.78, 5) is 4.45. The molecule has 0 radical (unpaired) electrons. The topological polar surface area (TPSA) is 82.0 Å². The summed E-state index contributed by atoms with van der Waals surface area (Å²) in [6.07, 6.45) is 6.71. The highest BCUT2D eigenvalue weighted by atomic mass is 32.2. The van der Waals surface area contributed by atoms with Gasteiger partial charge in [-0.25, -0.2) is 8.42 Å². The maximum absolute atomic E-state index is 12.4. The zero-order valence-electron chi connectivity index (χ0n) is 14.7. The Bertz CT molecular complexity index is 854. The summed E-state index contributed by atoms with van der Waals surface area (Å²) in [5.74, 6) is 1.91. The van der Waals surface area contributed by atoms with Gasteiger partial charge in [0.1, 0.15) is 6.10 Å². The molecule has 2 heterocycles. The number of nitrogens with zero attached hydrogens (tertiary/aromatic N) is 3. The third-order valence-corrected chi connectivity index (χ3v) is 7.98. The van der Waals surface area contributed by atoms with Crippen LogP contribution in [0.15, 0.2) is 29.4 Å². The summed E-state index contributed by atoms with van der Waals surface area (Å²) in [6, 6.07) is 6.03. The van der Waals surface area contributed by atoms with Crippen LogP contribution in [0.5, 0.6) is 5.88 Å². The molecule has 0 aromatic carbocycles. The first kappa shape index (κ1) is 17.9. The van der Waals surface area contributed by atoms with Crippen LogP contribution in [-0.4, -0.2) is 34.0 Å². The van der Waals surface area contributed by atoms with Crippen molar-refractivity contribution in [2.75, 3.05) is 5.75 Å². The largest absolute Gasteiger partial charge is 0.471 e. The van der Waals surface area contributed by atoms with E-state index >= 15 is 0 Å². The highest BCUT2D eigenvalue weighted by molar-refractivity contribution is 7.91. The monoisotopic (exact) mass is 393 g/mol. The van der Waals surface area contributed by atoms with E-state index in [-0.39, 0.29) is 22.8 Å². The van der Waals surface area contributed by atoms with Gasteiger partial charge in [-0.1, -0.05) is 13.0 Å². The van der Waals surface area contributed by atoms with E-state index in [1.807, 2.05) is 25.3 Å². The highest BCUT2D eigenvalue weighted by Crippen LogP contribution is 2.50. The molecule has 4 rings (SSSR count). The van der Waals surface area contributed by atoms with Crippen molar-refractivity contribution in [3.8, 4) is 5.88 Å². The molecule has 4 unspecified atom stereocenters. The van der Waals surface area contributed by atoms with Crippen molar-refractivity contribution in [3.05, 3.63) is 30.1 Å². The van der Waals surface area contributed by atoms with Gasteiger partial charge in [0.15, 0.2) is 0 Å². The van der Waals surface area contributed by atoms with Gasteiger partial charge in [0.2, 0.25) is 14.9 Å². The molecule has 26 heavy (non-hydrogen) atoms. The summed E-state index contributed by atoms with van der Waals surface area (Å²) in [6.45, 7) is 1.84. The molecule has 8 heteroatoms. The first-order valence-electron chi connectivity index (χ1n) is 9.18. The lowest BCUT2D eigenvalue weighted by Gasteiger charge is -2.29. The average Bonchev–Trinajstić information content (AvgIpc) is 3.32. The minimum Gasteiger partial charge on any atom is -0.471 e. The summed E-state index contributed by atoms with van der Waals surface area (Å²) in [5.41, 5.74) is 1.12. The van der Waals surface area contributed by atoms with Crippen LogP contribution in [0.4, 0.5) is 0 Å². The molecule has 2 fully saturated rings. The van der Waals surface area contributed by atoms with Crippen LogP contribution in [0.25, 0.3) is 0 Å². The predicted octanol–water partition coefficient (Wildman–Crippen LogP) is 3.15. The van der Waals surface area contributed by atoms with Gasteiger partial charge in [-0.3, -0.25) is 4.98 Å². The van der Waals surface area contributed by atoms with Crippen molar-refractivity contribution in [1.29, 1.82) is 0 Å². The Balaban J connectivity index is 1.48. The molecule has 2 aliphatic carbocycles. The van der Waals surface area contributed by atoms with Crippen LogP contribution >= 0.6 is 11.7 Å². The van der Waals surface area contributed by atoms with E-state index in [2.05, 4.69) is 19.8 Å². The molecule has 4 atom stereocenters. The zero-order valence-corrected chi connectivity index (χ0v) is 16.4. The van der Waals surface area contributed by atoms with Gasteiger partial charge in [0.25, 0.3) is 5.88 Å². The molecule has 0 spiro atoms. The lowest BCUT2D eigenvalue weighted by atomic mass is 9.83. The number of ether oxygens (including phenoxy) is 1. The minimum atomic E-state index is -3.41. The van der Waals surface area contributed by atoms with Crippen molar-refractivity contribution in [2.45, 2.75) is 50.2 Å². The number of hydrogen-bond acceptors (Lipinski definition) is 7. The molecule has 140 valence electrons. The number of sulfone groups is 1. The van der Waals surface area contributed by atoms with E-state index < -0.39 is 9.84 Å². The van der Waals surface area contributed by atoms with E-state index in [9.17, 15) is 8.42 Å². The molecule has 2 aromatic rings. The van der Waals surface area contributed by atoms with Gasteiger partial charge in [-0.2, -0.15) is 4.37 Å². The molecule has 0 saturated heterocycles. The van der Waals surface area contributed by atoms with Crippen molar-refractivity contribution < 1.29 is 13.2 Å². The fourth-order valence-corrected chi connectivity index (χ4v) is 6.63. The van der Waals surface area contributed by atoms with Crippen LogP contribution < -0.4 is 4.74 Å². The Kier molecular flexibility index (Phi) is 4.96. The van der Waals surface area contributed by atoms with E-state index in [0.717, 1.165) is 36.7 Å². The standard InChI is InChI=1S/C18H23N3O3S2/c1-2-7-26(22,23)18-17(20-25-21-18)24-16-10-12-8-13(15(16)9-12)11-14-5-3-4-6-19-14/h3-6,12-13,15-16H,2,7-11H2,1H3. The van der Waals surface area contributed by atoms with Crippen molar-refractivity contribution in [1.82, 2.24) is 13.7 Å². The SMILES string of the molecule is CCCS(=O)(=O)c1nsnc1OC1CC2CC(Cc3ccccn3)C1C2. The molecule has 2 saturated carbocycles. The second-order valence-electron chi connectivity index (χ2n) is 7.37. The normalized spacial score (nSPS) is 27.7. The lowest BCUT2D eigenvalue weighted by Crippen LogP contribution is -2.31. The molecule has 2 aromatic heterocycles. The summed E-state index contributed by atoms with van der Waals surface area (Å²) >= 11 is 0.912. The van der Waals surface area contributed by atoms with Crippen molar-refractivity contribution >= 4 is 21.6 Å². The van der Waals surface area contributed by atoms with Gasteiger partial charge in [0.05, 0.1) is 17.5 Å². The Morgan fingerprint density at radius 1 is 1.23 bits per heavy atom. The summed E-state index contributed by atoms with van der Waals surface area (Å²) in [7, 11) is -3.41. The first-order valence-corrected chi connectivity index (χ1v) is 11.6. The molecule has 6 nitrogen and oxygen atoms in total.